The van der Waals surface area contributed by atoms with E-state index in [1.165, 1.54) is 11.1 Å². The van der Waals surface area contributed by atoms with Crippen molar-refractivity contribution in [3.05, 3.63) is 41.7 Å². The van der Waals surface area contributed by atoms with Crippen LogP contribution in [0, 0.1) is 13.8 Å². The Morgan fingerprint density at radius 1 is 1.04 bits per heavy atom. The van der Waals surface area contributed by atoms with Gasteiger partial charge in [-0.05, 0) is 51.1 Å². The smallest absolute Gasteiger partial charge is 0.229 e. The van der Waals surface area contributed by atoms with Gasteiger partial charge in [-0.25, -0.2) is 9.97 Å². The van der Waals surface area contributed by atoms with Crippen molar-refractivity contribution in [1.29, 1.82) is 0 Å². The van der Waals surface area contributed by atoms with Crippen molar-refractivity contribution in [1.82, 2.24) is 24.8 Å². The quantitative estimate of drug-likeness (QED) is 0.767. The number of benzene rings is 1. The largest absolute Gasteiger partial charge is 0.338 e. The highest BCUT2D eigenvalue weighted by molar-refractivity contribution is 5.85. The average molecular weight is 363 g/mol. The number of piperazine rings is 1. The highest BCUT2D eigenvalue weighted by Gasteiger charge is 2.24. The van der Waals surface area contributed by atoms with Gasteiger partial charge in [-0.2, -0.15) is 9.97 Å². The van der Waals surface area contributed by atoms with Crippen LogP contribution in [0.1, 0.15) is 18.1 Å². The number of hydrogen-bond acceptors (Lipinski definition) is 7. The van der Waals surface area contributed by atoms with Crippen LogP contribution in [0.2, 0.25) is 0 Å². The maximum Gasteiger partial charge on any atom is 0.229 e. The summed E-state index contributed by atoms with van der Waals surface area (Å²) in [7, 11) is 2.15. The predicted molar refractivity (Wildman–Crippen MR) is 109 cm³/mol. The molecular weight excluding hydrogens is 338 g/mol. The van der Waals surface area contributed by atoms with E-state index in [4.69, 9.17) is 4.98 Å². The Kier molecular flexibility index (Phi) is 4.61. The molecule has 1 aromatic carbocycles. The maximum absolute atomic E-state index is 4.81. The lowest BCUT2D eigenvalue weighted by molar-refractivity contribution is 0.233. The zero-order chi connectivity index (χ0) is 19.0. The van der Waals surface area contributed by atoms with Gasteiger partial charge in [-0.15, -0.1) is 0 Å². The van der Waals surface area contributed by atoms with Gasteiger partial charge in [0.2, 0.25) is 5.95 Å². The topological polar surface area (TPSA) is 70.1 Å². The second-order valence-electron chi connectivity index (χ2n) is 7.30. The molecule has 0 saturated carbocycles. The molecule has 1 fully saturated rings. The summed E-state index contributed by atoms with van der Waals surface area (Å²) in [5, 5.41) is 3.42. The monoisotopic (exact) mass is 363 g/mol. The molecule has 0 amide bonds. The number of aromatic nitrogens is 4. The molecule has 1 atom stereocenters. The number of nitrogens with zero attached hydrogens (tertiary/aromatic N) is 6. The number of hydrogen-bond donors (Lipinski definition) is 1. The number of likely N-dealkylation sites (N-methyl/N-ethyl adjacent to an activating group) is 1. The lowest BCUT2D eigenvalue weighted by Crippen LogP contribution is -2.50. The molecule has 1 aliphatic heterocycles. The first-order valence-corrected chi connectivity index (χ1v) is 9.29. The molecule has 4 rings (SSSR count). The van der Waals surface area contributed by atoms with Gasteiger partial charge >= 0.3 is 0 Å². The molecule has 3 aromatic rings. The van der Waals surface area contributed by atoms with Gasteiger partial charge in [-0.1, -0.05) is 6.07 Å². The molecule has 1 unspecified atom stereocenters. The Morgan fingerprint density at radius 2 is 1.85 bits per heavy atom. The molecular formula is C20H25N7. The van der Waals surface area contributed by atoms with Gasteiger partial charge in [0.25, 0.3) is 0 Å². The normalized spacial score (nSPS) is 18.1. The van der Waals surface area contributed by atoms with Gasteiger partial charge in [0.05, 0.1) is 0 Å². The van der Waals surface area contributed by atoms with Crippen molar-refractivity contribution in [2.24, 2.45) is 0 Å². The van der Waals surface area contributed by atoms with E-state index in [2.05, 4.69) is 76.1 Å². The van der Waals surface area contributed by atoms with E-state index in [1.807, 2.05) is 0 Å². The molecule has 7 heteroatoms. The van der Waals surface area contributed by atoms with Crippen LogP contribution in [-0.4, -0.2) is 57.6 Å². The first-order valence-electron chi connectivity index (χ1n) is 9.29. The fourth-order valence-corrected chi connectivity index (χ4v) is 3.27. The first kappa shape index (κ1) is 17.6. The summed E-state index contributed by atoms with van der Waals surface area (Å²) in [5.74, 6) is 1.40. The third-order valence-electron chi connectivity index (χ3n) is 5.33. The number of aryl methyl sites for hydroxylation is 2. The van der Waals surface area contributed by atoms with Gasteiger partial charge < -0.3 is 15.1 Å². The van der Waals surface area contributed by atoms with E-state index in [1.54, 1.807) is 12.4 Å². The molecule has 0 aliphatic carbocycles. The van der Waals surface area contributed by atoms with Gasteiger partial charge in [-0.3, -0.25) is 0 Å². The van der Waals surface area contributed by atoms with Crippen molar-refractivity contribution in [3.63, 3.8) is 0 Å². The average Bonchev–Trinajstić information content (AvgIpc) is 2.67. The maximum atomic E-state index is 4.81. The number of rotatable bonds is 3. The zero-order valence-corrected chi connectivity index (χ0v) is 16.3. The fourth-order valence-electron chi connectivity index (χ4n) is 3.27. The zero-order valence-electron chi connectivity index (χ0n) is 16.3. The summed E-state index contributed by atoms with van der Waals surface area (Å²) in [4.78, 5) is 22.9. The van der Waals surface area contributed by atoms with E-state index in [0.29, 0.717) is 29.0 Å². The minimum absolute atomic E-state index is 0.455. The van der Waals surface area contributed by atoms with Crippen molar-refractivity contribution < 1.29 is 0 Å². The lowest BCUT2D eigenvalue weighted by Gasteiger charge is -2.37. The molecule has 0 bridgehead atoms. The van der Waals surface area contributed by atoms with Crippen molar-refractivity contribution in [2.45, 2.75) is 26.8 Å². The second-order valence-corrected chi connectivity index (χ2v) is 7.30. The van der Waals surface area contributed by atoms with Crippen LogP contribution in [0.15, 0.2) is 30.6 Å². The van der Waals surface area contributed by atoms with E-state index >= 15 is 0 Å². The summed E-state index contributed by atoms with van der Waals surface area (Å²) in [6, 6.07) is 6.74. The highest BCUT2D eigenvalue weighted by Crippen LogP contribution is 2.25. The number of nitrogens with one attached hydrogen (secondary N) is 1. The Balaban J connectivity index is 1.73. The SMILES string of the molecule is Cc1ccc(Nc2nc(N3CCN(C)C(C)C3)nc3nccnc23)cc1C. The highest BCUT2D eigenvalue weighted by atomic mass is 15.3. The molecule has 2 aromatic heterocycles. The van der Waals surface area contributed by atoms with Gasteiger partial charge in [0, 0.05) is 43.8 Å². The third-order valence-corrected chi connectivity index (χ3v) is 5.33. The second kappa shape index (κ2) is 7.08. The van der Waals surface area contributed by atoms with Crippen LogP contribution >= 0.6 is 0 Å². The van der Waals surface area contributed by atoms with E-state index in [9.17, 15) is 0 Å². The van der Waals surface area contributed by atoms with E-state index in [-0.39, 0.29) is 0 Å². The molecule has 0 spiro atoms. The van der Waals surface area contributed by atoms with Crippen molar-refractivity contribution in [3.8, 4) is 0 Å². The van der Waals surface area contributed by atoms with Crippen LogP contribution in [0.4, 0.5) is 17.5 Å². The predicted octanol–water partition coefficient (Wildman–Crippen LogP) is 2.92. The number of fused-ring (bicyclic) bond motifs is 1. The van der Waals surface area contributed by atoms with Crippen LogP contribution in [0.25, 0.3) is 11.2 Å². The summed E-state index contributed by atoms with van der Waals surface area (Å²) in [6.45, 7) is 9.22. The Hall–Kier alpha value is -2.80. The molecule has 1 aliphatic rings. The van der Waals surface area contributed by atoms with Crippen molar-refractivity contribution in [2.75, 3.05) is 36.9 Å². The standard InChI is InChI=1S/C20H25N7/c1-13-5-6-16(11-14(13)2)23-19-17-18(22-8-7-21-17)24-20(25-19)27-10-9-26(4)15(3)12-27/h5-8,11,15H,9-10,12H2,1-4H3,(H,22,23,24,25). The fraction of sp³-hybridized carbons (Fsp3) is 0.400. The Bertz CT molecular complexity index is 972. The van der Waals surface area contributed by atoms with E-state index < -0.39 is 0 Å². The van der Waals surface area contributed by atoms with Gasteiger partial charge in [0.15, 0.2) is 17.0 Å². The van der Waals surface area contributed by atoms with Crippen LogP contribution < -0.4 is 10.2 Å². The van der Waals surface area contributed by atoms with Crippen LogP contribution in [0.3, 0.4) is 0 Å². The first-order chi connectivity index (χ1) is 13.0. The molecule has 7 nitrogen and oxygen atoms in total. The van der Waals surface area contributed by atoms with Crippen LogP contribution in [-0.2, 0) is 0 Å². The van der Waals surface area contributed by atoms with Gasteiger partial charge in [0.1, 0.15) is 0 Å². The molecule has 1 saturated heterocycles. The lowest BCUT2D eigenvalue weighted by atomic mass is 10.1. The van der Waals surface area contributed by atoms with E-state index in [0.717, 1.165) is 25.3 Å². The number of anilines is 3. The molecule has 27 heavy (non-hydrogen) atoms. The minimum atomic E-state index is 0.455. The van der Waals surface area contributed by atoms with Crippen LogP contribution in [0.5, 0.6) is 0 Å². The Labute approximate surface area is 159 Å². The summed E-state index contributed by atoms with van der Waals surface area (Å²) < 4.78 is 0. The molecule has 3 heterocycles. The van der Waals surface area contributed by atoms with Crippen molar-refractivity contribution >= 4 is 28.6 Å². The Morgan fingerprint density at radius 3 is 2.63 bits per heavy atom. The third kappa shape index (κ3) is 3.55. The summed E-state index contributed by atoms with van der Waals surface area (Å²) >= 11 is 0. The summed E-state index contributed by atoms with van der Waals surface area (Å²) in [5.41, 5.74) is 4.78. The molecule has 1 N–H and O–H groups in total. The minimum Gasteiger partial charge on any atom is -0.338 e. The molecule has 0 radical (unpaired) electrons. The molecule has 140 valence electrons. The summed E-state index contributed by atoms with van der Waals surface area (Å²) in [6.07, 6.45) is 3.35.